The largest absolute Gasteiger partial charge is 0.394 e. The minimum absolute atomic E-state index is 0. The SMILES string of the molecule is CCC(C)c1ccc(NC(N)=NCCO)cc1.I. The van der Waals surface area contributed by atoms with Gasteiger partial charge in [-0.3, -0.25) is 4.99 Å². The van der Waals surface area contributed by atoms with Crippen molar-refractivity contribution in [3.63, 3.8) is 0 Å². The van der Waals surface area contributed by atoms with Crippen molar-refractivity contribution in [3.05, 3.63) is 29.8 Å². The Hall–Kier alpha value is -0.820. The van der Waals surface area contributed by atoms with E-state index in [-0.39, 0.29) is 30.6 Å². The number of nitrogens with two attached hydrogens (primary N) is 1. The quantitative estimate of drug-likeness (QED) is 0.428. The predicted octanol–water partition coefficient (Wildman–Crippen LogP) is 2.54. The van der Waals surface area contributed by atoms with Gasteiger partial charge in [0.1, 0.15) is 0 Å². The van der Waals surface area contributed by atoms with E-state index in [9.17, 15) is 0 Å². The highest BCUT2D eigenvalue weighted by Gasteiger charge is 2.02. The smallest absolute Gasteiger partial charge is 0.193 e. The number of hydrogen-bond acceptors (Lipinski definition) is 2. The standard InChI is InChI=1S/C13H21N3O.HI/c1-3-10(2)11-4-6-12(7-5-11)16-13(14)15-8-9-17;/h4-7,10,17H,3,8-9H2,1-2H3,(H3,14,15,16);1H. The summed E-state index contributed by atoms with van der Waals surface area (Å²) in [7, 11) is 0. The van der Waals surface area contributed by atoms with Crippen LogP contribution in [0.3, 0.4) is 0 Å². The molecule has 5 heteroatoms. The molecule has 18 heavy (non-hydrogen) atoms. The molecule has 0 aliphatic carbocycles. The van der Waals surface area contributed by atoms with E-state index in [1.54, 1.807) is 0 Å². The minimum atomic E-state index is 0. The highest BCUT2D eigenvalue weighted by molar-refractivity contribution is 14.0. The van der Waals surface area contributed by atoms with Gasteiger partial charge in [0.05, 0.1) is 13.2 Å². The van der Waals surface area contributed by atoms with E-state index >= 15 is 0 Å². The fourth-order valence-electron chi connectivity index (χ4n) is 1.49. The van der Waals surface area contributed by atoms with Crippen LogP contribution < -0.4 is 11.1 Å². The summed E-state index contributed by atoms with van der Waals surface area (Å²) in [6.45, 7) is 4.72. The summed E-state index contributed by atoms with van der Waals surface area (Å²) in [4.78, 5) is 3.94. The molecule has 0 amide bonds. The van der Waals surface area contributed by atoms with Gasteiger partial charge in [-0.1, -0.05) is 26.0 Å². The molecule has 0 radical (unpaired) electrons. The van der Waals surface area contributed by atoms with E-state index in [1.165, 1.54) is 5.56 Å². The highest BCUT2D eigenvalue weighted by Crippen LogP contribution is 2.20. The van der Waals surface area contributed by atoms with Crippen molar-refractivity contribution < 1.29 is 5.11 Å². The topological polar surface area (TPSA) is 70.6 Å². The molecule has 1 aromatic rings. The molecule has 1 atom stereocenters. The first-order valence-electron chi connectivity index (χ1n) is 5.95. The molecule has 1 rings (SSSR count). The summed E-state index contributed by atoms with van der Waals surface area (Å²) < 4.78 is 0. The first kappa shape index (κ1) is 17.2. The first-order valence-corrected chi connectivity index (χ1v) is 5.95. The Kier molecular flexibility index (Phi) is 8.74. The Morgan fingerprint density at radius 1 is 1.39 bits per heavy atom. The average molecular weight is 363 g/mol. The van der Waals surface area contributed by atoms with E-state index in [0.29, 0.717) is 18.4 Å². The van der Waals surface area contributed by atoms with Crippen molar-refractivity contribution in [3.8, 4) is 0 Å². The van der Waals surface area contributed by atoms with Gasteiger partial charge in [-0.25, -0.2) is 0 Å². The van der Waals surface area contributed by atoms with Crippen molar-refractivity contribution in [2.75, 3.05) is 18.5 Å². The summed E-state index contributed by atoms with van der Waals surface area (Å²) in [6.07, 6.45) is 1.13. The Bertz CT molecular complexity index is 365. The van der Waals surface area contributed by atoms with Crippen LogP contribution in [-0.2, 0) is 0 Å². The molecular formula is C13H22IN3O. The molecule has 0 heterocycles. The lowest BCUT2D eigenvalue weighted by atomic mass is 9.99. The van der Waals surface area contributed by atoms with Gasteiger partial charge in [0.2, 0.25) is 0 Å². The number of rotatable bonds is 5. The first-order chi connectivity index (χ1) is 8.17. The van der Waals surface area contributed by atoms with Gasteiger partial charge < -0.3 is 16.2 Å². The molecule has 1 aromatic carbocycles. The summed E-state index contributed by atoms with van der Waals surface area (Å²) in [5.41, 5.74) is 7.88. The van der Waals surface area contributed by atoms with E-state index in [2.05, 4.69) is 36.3 Å². The summed E-state index contributed by atoms with van der Waals surface area (Å²) in [5, 5.41) is 11.6. The van der Waals surface area contributed by atoms with Crippen LogP contribution in [0.25, 0.3) is 0 Å². The van der Waals surface area contributed by atoms with Crippen LogP contribution in [-0.4, -0.2) is 24.2 Å². The lowest BCUT2D eigenvalue weighted by Crippen LogP contribution is -2.23. The number of benzene rings is 1. The fraction of sp³-hybridized carbons (Fsp3) is 0.462. The van der Waals surface area contributed by atoms with Crippen LogP contribution in [0.1, 0.15) is 31.7 Å². The zero-order chi connectivity index (χ0) is 12.7. The Morgan fingerprint density at radius 2 is 2.00 bits per heavy atom. The molecule has 0 saturated heterocycles. The highest BCUT2D eigenvalue weighted by atomic mass is 127. The third kappa shape index (κ3) is 5.68. The minimum Gasteiger partial charge on any atom is -0.394 e. The Morgan fingerprint density at radius 3 is 2.50 bits per heavy atom. The maximum absolute atomic E-state index is 8.62. The molecule has 1 unspecified atom stereocenters. The van der Waals surface area contributed by atoms with Crippen LogP contribution in [0, 0.1) is 0 Å². The lowest BCUT2D eigenvalue weighted by Gasteiger charge is -2.10. The molecule has 4 N–H and O–H groups in total. The average Bonchev–Trinajstić information content (AvgIpc) is 2.36. The van der Waals surface area contributed by atoms with E-state index < -0.39 is 0 Å². The van der Waals surface area contributed by atoms with Crippen molar-refractivity contribution >= 4 is 35.6 Å². The van der Waals surface area contributed by atoms with Gasteiger partial charge >= 0.3 is 0 Å². The van der Waals surface area contributed by atoms with Crippen molar-refractivity contribution in [2.45, 2.75) is 26.2 Å². The van der Waals surface area contributed by atoms with Crippen LogP contribution >= 0.6 is 24.0 Å². The predicted molar refractivity (Wildman–Crippen MR) is 87.8 cm³/mol. The molecule has 0 aliphatic rings. The number of aliphatic hydroxyl groups excluding tert-OH is 1. The second kappa shape index (κ2) is 9.16. The number of halogens is 1. The van der Waals surface area contributed by atoms with Gasteiger partial charge in [0.15, 0.2) is 5.96 Å². The summed E-state index contributed by atoms with van der Waals surface area (Å²) >= 11 is 0. The van der Waals surface area contributed by atoms with Crippen LogP contribution in [0.15, 0.2) is 29.3 Å². The Labute approximate surface area is 126 Å². The maximum atomic E-state index is 8.62. The molecule has 4 nitrogen and oxygen atoms in total. The van der Waals surface area contributed by atoms with Crippen LogP contribution in [0.2, 0.25) is 0 Å². The molecule has 0 aliphatic heterocycles. The molecule has 102 valence electrons. The second-order valence-corrected chi connectivity index (χ2v) is 4.05. The van der Waals surface area contributed by atoms with E-state index in [1.807, 2.05) is 12.1 Å². The van der Waals surface area contributed by atoms with Gasteiger partial charge in [-0.2, -0.15) is 0 Å². The number of nitrogens with one attached hydrogen (secondary N) is 1. The monoisotopic (exact) mass is 363 g/mol. The number of anilines is 1. The zero-order valence-electron chi connectivity index (χ0n) is 10.9. The molecular weight excluding hydrogens is 341 g/mol. The third-order valence-electron chi connectivity index (χ3n) is 2.75. The number of aliphatic hydroxyl groups is 1. The van der Waals surface area contributed by atoms with Crippen LogP contribution in [0.5, 0.6) is 0 Å². The Balaban J connectivity index is 0.00000289. The molecule has 0 fully saturated rings. The van der Waals surface area contributed by atoms with Gasteiger partial charge in [-0.05, 0) is 30.0 Å². The summed E-state index contributed by atoms with van der Waals surface area (Å²) in [6, 6.07) is 8.16. The molecule has 0 aromatic heterocycles. The number of hydrogen-bond donors (Lipinski definition) is 3. The van der Waals surface area contributed by atoms with E-state index in [4.69, 9.17) is 10.8 Å². The fourth-order valence-corrected chi connectivity index (χ4v) is 1.49. The molecule has 0 spiro atoms. The van der Waals surface area contributed by atoms with Gasteiger partial charge in [-0.15, -0.1) is 24.0 Å². The van der Waals surface area contributed by atoms with Crippen LogP contribution in [0.4, 0.5) is 5.69 Å². The molecule has 0 bridgehead atoms. The second-order valence-electron chi connectivity index (χ2n) is 4.05. The van der Waals surface area contributed by atoms with Crippen molar-refractivity contribution in [2.24, 2.45) is 10.7 Å². The normalized spacial score (nSPS) is 12.7. The molecule has 0 saturated carbocycles. The zero-order valence-corrected chi connectivity index (χ0v) is 13.2. The maximum Gasteiger partial charge on any atom is 0.193 e. The van der Waals surface area contributed by atoms with E-state index in [0.717, 1.165) is 12.1 Å². The van der Waals surface area contributed by atoms with Gasteiger partial charge in [0.25, 0.3) is 0 Å². The van der Waals surface area contributed by atoms with Crippen molar-refractivity contribution in [1.82, 2.24) is 0 Å². The number of nitrogens with zero attached hydrogens (tertiary/aromatic N) is 1. The third-order valence-corrected chi connectivity index (χ3v) is 2.75. The number of aliphatic imine (C=N–C) groups is 1. The number of guanidine groups is 1. The van der Waals surface area contributed by atoms with Crippen molar-refractivity contribution in [1.29, 1.82) is 0 Å². The lowest BCUT2D eigenvalue weighted by molar-refractivity contribution is 0.307. The summed E-state index contributed by atoms with van der Waals surface area (Å²) in [5.74, 6) is 0.903. The van der Waals surface area contributed by atoms with Gasteiger partial charge in [0, 0.05) is 5.69 Å².